The van der Waals surface area contributed by atoms with Gasteiger partial charge in [-0.25, -0.2) is 0 Å². The molecule has 0 fully saturated rings. The number of anilines is 1. The van der Waals surface area contributed by atoms with Crippen molar-refractivity contribution in [2.75, 3.05) is 5.73 Å². The van der Waals surface area contributed by atoms with Gasteiger partial charge in [0.05, 0.1) is 11.9 Å². The molecule has 72 valence electrons. The number of H-pyrrole nitrogens is 2. The van der Waals surface area contributed by atoms with E-state index in [-0.39, 0.29) is 11.6 Å². The third kappa shape index (κ3) is 1.18. The predicted molar refractivity (Wildman–Crippen MR) is 47.2 cm³/mol. The summed E-state index contributed by atoms with van der Waals surface area (Å²) in [6.45, 7) is 0. The first-order valence-corrected chi connectivity index (χ1v) is 3.67. The highest BCUT2D eigenvalue weighted by Gasteiger charge is 2.17. The van der Waals surface area contributed by atoms with E-state index in [0.29, 0.717) is 11.3 Å². The molecular weight excluding hydrogens is 188 g/mol. The van der Waals surface area contributed by atoms with Crippen LogP contribution in [0.25, 0.3) is 11.3 Å². The van der Waals surface area contributed by atoms with Crippen molar-refractivity contribution in [1.29, 1.82) is 0 Å². The molecule has 0 spiro atoms. The molecule has 4 N–H and O–H groups in total. The molecule has 8 nitrogen and oxygen atoms in total. The van der Waals surface area contributed by atoms with Crippen LogP contribution in [-0.2, 0) is 0 Å². The maximum Gasteiger partial charge on any atom is 0.352 e. The van der Waals surface area contributed by atoms with Crippen LogP contribution in [0.15, 0.2) is 12.3 Å². The fraction of sp³-hybridized carbons (Fsp3) is 0. The average Bonchev–Trinajstić information content (AvgIpc) is 2.70. The number of aromatic amines is 2. The summed E-state index contributed by atoms with van der Waals surface area (Å²) >= 11 is 0. The van der Waals surface area contributed by atoms with Crippen LogP contribution in [0.3, 0.4) is 0 Å². The molecule has 2 heterocycles. The van der Waals surface area contributed by atoms with E-state index in [0.717, 1.165) is 0 Å². The lowest BCUT2D eigenvalue weighted by Gasteiger charge is -1.92. The fourth-order valence-electron chi connectivity index (χ4n) is 1.09. The Balaban J connectivity index is 2.51. The van der Waals surface area contributed by atoms with E-state index in [1.54, 1.807) is 0 Å². The lowest BCUT2D eigenvalue weighted by atomic mass is 10.2. The van der Waals surface area contributed by atoms with Crippen molar-refractivity contribution in [2.45, 2.75) is 0 Å². The Hall–Kier alpha value is -2.38. The van der Waals surface area contributed by atoms with Gasteiger partial charge in [-0.05, 0) is 4.92 Å². The van der Waals surface area contributed by atoms with Crippen LogP contribution in [0.5, 0.6) is 0 Å². The molecule has 0 amide bonds. The van der Waals surface area contributed by atoms with Crippen molar-refractivity contribution < 1.29 is 4.92 Å². The van der Waals surface area contributed by atoms with Crippen LogP contribution in [0.4, 0.5) is 11.6 Å². The Bertz CT molecular complexity index is 472. The maximum atomic E-state index is 10.5. The topological polar surface area (TPSA) is 127 Å². The van der Waals surface area contributed by atoms with E-state index < -0.39 is 4.92 Å². The highest BCUT2D eigenvalue weighted by molar-refractivity contribution is 5.68. The summed E-state index contributed by atoms with van der Waals surface area (Å²) in [5.74, 6) is 0.0872. The standard InChI is InChI=1S/C6H6N6O2/c7-5-1-4(9-10-5)3-2-8-11-6(3)12(13)14/h1-2H,(H,8,11)(H3,7,9,10). The zero-order valence-corrected chi connectivity index (χ0v) is 6.89. The van der Waals surface area contributed by atoms with Crippen molar-refractivity contribution in [3.8, 4) is 11.3 Å². The lowest BCUT2D eigenvalue weighted by Crippen LogP contribution is -1.90. The van der Waals surface area contributed by atoms with Gasteiger partial charge in [-0.3, -0.25) is 5.10 Å². The molecule has 0 atom stereocenters. The largest absolute Gasteiger partial charge is 0.382 e. The number of nitro groups is 1. The summed E-state index contributed by atoms with van der Waals surface area (Å²) in [5, 5.41) is 22.6. The van der Waals surface area contributed by atoms with Gasteiger partial charge in [0.2, 0.25) is 0 Å². The van der Waals surface area contributed by atoms with Crippen molar-refractivity contribution in [3.05, 3.63) is 22.4 Å². The van der Waals surface area contributed by atoms with Crippen molar-refractivity contribution in [3.63, 3.8) is 0 Å². The monoisotopic (exact) mass is 194 g/mol. The van der Waals surface area contributed by atoms with Gasteiger partial charge in [-0.15, -0.1) is 5.10 Å². The molecule has 0 saturated heterocycles. The quantitative estimate of drug-likeness (QED) is 0.467. The summed E-state index contributed by atoms with van der Waals surface area (Å²) in [5.41, 5.74) is 6.16. The summed E-state index contributed by atoms with van der Waals surface area (Å²) in [7, 11) is 0. The van der Waals surface area contributed by atoms with E-state index in [1.165, 1.54) is 12.3 Å². The van der Waals surface area contributed by atoms with Gasteiger partial charge in [-0.1, -0.05) is 5.10 Å². The summed E-state index contributed by atoms with van der Waals surface area (Å²) in [6.07, 6.45) is 1.34. The number of hydrogen-bond donors (Lipinski definition) is 3. The number of rotatable bonds is 2. The van der Waals surface area contributed by atoms with Crippen LogP contribution in [0.2, 0.25) is 0 Å². The molecule has 0 aliphatic carbocycles. The van der Waals surface area contributed by atoms with Gasteiger partial charge in [0.25, 0.3) is 0 Å². The van der Waals surface area contributed by atoms with Gasteiger partial charge >= 0.3 is 5.82 Å². The first kappa shape index (κ1) is 8.23. The fourth-order valence-corrected chi connectivity index (χ4v) is 1.09. The minimum Gasteiger partial charge on any atom is -0.382 e. The van der Waals surface area contributed by atoms with Crippen LogP contribution >= 0.6 is 0 Å². The second-order valence-electron chi connectivity index (χ2n) is 2.60. The van der Waals surface area contributed by atoms with Crippen LogP contribution in [-0.4, -0.2) is 25.3 Å². The van der Waals surface area contributed by atoms with Crippen molar-refractivity contribution in [1.82, 2.24) is 20.4 Å². The number of nitrogens with two attached hydrogens (primary N) is 1. The first-order valence-electron chi connectivity index (χ1n) is 3.67. The molecule has 2 aromatic heterocycles. The lowest BCUT2D eigenvalue weighted by molar-refractivity contribution is -0.388. The number of hydrogen-bond acceptors (Lipinski definition) is 5. The van der Waals surface area contributed by atoms with E-state index in [9.17, 15) is 10.1 Å². The average molecular weight is 194 g/mol. The van der Waals surface area contributed by atoms with Crippen molar-refractivity contribution >= 4 is 11.6 Å². The van der Waals surface area contributed by atoms with E-state index in [4.69, 9.17) is 5.73 Å². The number of nitrogens with zero attached hydrogens (tertiary/aromatic N) is 3. The second-order valence-corrected chi connectivity index (χ2v) is 2.60. The third-order valence-electron chi connectivity index (χ3n) is 1.69. The van der Waals surface area contributed by atoms with Gasteiger partial charge in [0.15, 0.2) is 0 Å². The van der Waals surface area contributed by atoms with Gasteiger partial charge in [0.1, 0.15) is 11.4 Å². The highest BCUT2D eigenvalue weighted by atomic mass is 16.6. The molecule has 2 rings (SSSR count). The molecule has 0 unspecified atom stereocenters. The highest BCUT2D eigenvalue weighted by Crippen LogP contribution is 2.26. The van der Waals surface area contributed by atoms with Crippen LogP contribution in [0.1, 0.15) is 0 Å². The summed E-state index contributed by atoms with van der Waals surface area (Å²) in [6, 6.07) is 1.50. The Morgan fingerprint density at radius 1 is 1.50 bits per heavy atom. The predicted octanol–water partition coefficient (Wildman–Crippen LogP) is 0.290. The smallest absolute Gasteiger partial charge is 0.352 e. The van der Waals surface area contributed by atoms with Gasteiger partial charge in [0, 0.05) is 6.07 Å². The van der Waals surface area contributed by atoms with Crippen LogP contribution in [0, 0.1) is 10.1 Å². The molecular formula is C6H6N6O2. The Morgan fingerprint density at radius 2 is 2.29 bits per heavy atom. The molecule has 0 saturated carbocycles. The van der Waals surface area contributed by atoms with E-state index in [1.807, 2.05) is 0 Å². The molecule has 0 aliphatic rings. The number of nitrogen functional groups attached to an aromatic ring is 1. The zero-order valence-electron chi connectivity index (χ0n) is 6.89. The maximum absolute atomic E-state index is 10.5. The summed E-state index contributed by atoms with van der Waals surface area (Å²) in [4.78, 5) is 9.98. The SMILES string of the molecule is Nc1cc(-c2cn[nH]c2[N+](=O)[O-])[nH]n1. The van der Waals surface area contributed by atoms with E-state index in [2.05, 4.69) is 20.4 Å². The number of nitrogens with one attached hydrogen (secondary N) is 2. The van der Waals surface area contributed by atoms with Gasteiger partial charge < -0.3 is 15.8 Å². The molecule has 0 bridgehead atoms. The zero-order chi connectivity index (χ0) is 10.1. The molecule has 2 aromatic rings. The van der Waals surface area contributed by atoms with Crippen LogP contribution < -0.4 is 5.73 Å². The molecule has 0 radical (unpaired) electrons. The first-order chi connectivity index (χ1) is 6.68. The van der Waals surface area contributed by atoms with Gasteiger partial charge in [-0.2, -0.15) is 5.10 Å². The normalized spacial score (nSPS) is 10.3. The molecule has 0 aromatic carbocycles. The number of aromatic nitrogens is 4. The second kappa shape index (κ2) is 2.83. The Labute approximate surface area is 77.3 Å². The van der Waals surface area contributed by atoms with Crippen molar-refractivity contribution in [2.24, 2.45) is 0 Å². The minimum atomic E-state index is -0.556. The van der Waals surface area contributed by atoms with E-state index >= 15 is 0 Å². The Morgan fingerprint density at radius 3 is 2.86 bits per heavy atom. The molecule has 0 aliphatic heterocycles. The summed E-state index contributed by atoms with van der Waals surface area (Å²) < 4.78 is 0. The molecule has 8 heteroatoms. The molecule has 14 heavy (non-hydrogen) atoms. The minimum absolute atomic E-state index is 0.186. The Kier molecular flexibility index (Phi) is 1.67. The third-order valence-corrected chi connectivity index (χ3v) is 1.69.